The van der Waals surface area contributed by atoms with Crippen molar-refractivity contribution in [3.63, 3.8) is 0 Å². The Morgan fingerprint density at radius 1 is 1.11 bits per heavy atom. The number of rotatable bonds is 5. The van der Waals surface area contributed by atoms with E-state index in [0.717, 1.165) is 5.92 Å². The summed E-state index contributed by atoms with van der Waals surface area (Å²) in [6.07, 6.45) is 5.80. The first-order valence-corrected chi connectivity index (χ1v) is 5.93. The molecular weight excluding hydrogens is 215 g/mol. The maximum absolute atomic E-state index is 2.30. The van der Waals surface area contributed by atoms with Gasteiger partial charge in [0.05, 0.1) is 0 Å². The van der Waals surface area contributed by atoms with Crippen LogP contribution < -0.4 is 0 Å². The van der Waals surface area contributed by atoms with Gasteiger partial charge in [-0.25, -0.2) is 0 Å². The molecule has 0 aliphatic carbocycles. The molecule has 0 aromatic carbocycles. The van der Waals surface area contributed by atoms with Gasteiger partial charge < -0.3 is 0 Å². The van der Waals surface area contributed by atoms with E-state index in [1.165, 1.54) is 30.1 Å². The molecule has 0 aliphatic rings. The molecule has 3 radical (unpaired) electrons. The van der Waals surface area contributed by atoms with E-state index >= 15 is 0 Å². The van der Waals surface area contributed by atoms with Crippen molar-refractivity contribution in [2.75, 3.05) is 0 Å². The van der Waals surface area contributed by atoms with Gasteiger partial charge in [0.15, 0.2) is 0 Å². The quantitative estimate of drug-likeness (QED) is 0.505. The molecule has 53 valence electrons. The molecule has 0 aromatic rings. The van der Waals surface area contributed by atoms with Crippen LogP contribution in [0.1, 0.15) is 39.5 Å². The first-order valence-electron chi connectivity index (χ1n) is 3.92. The van der Waals surface area contributed by atoms with Crippen LogP contribution >= 0.6 is 0 Å². The summed E-state index contributed by atoms with van der Waals surface area (Å²) in [5, 5.41) is 0. The Morgan fingerprint density at radius 3 is 2.22 bits per heavy atom. The van der Waals surface area contributed by atoms with Crippen molar-refractivity contribution in [2.45, 2.75) is 44.0 Å². The van der Waals surface area contributed by atoms with E-state index in [9.17, 15) is 0 Å². The third-order valence-electron chi connectivity index (χ3n) is 1.46. The number of hydrogen-bond donors (Lipinski definition) is 0. The molecule has 0 heterocycles. The molecule has 0 rings (SSSR count). The van der Waals surface area contributed by atoms with E-state index in [4.69, 9.17) is 0 Å². The fourth-order valence-electron chi connectivity index (χ4n) is 0.854. The van der Waals surface area contributed by atoms with E-state index in [2.05, 4.69) is 13.8 Å². The average Bonchev–Trinajstić information content (AvgIpc) is 1.80. The second kappa shape index (κ2) is 6.91. The zero-order chi connectivity index (χ0) is 7.11. The summed E-state index contributed by atoms with van der Waals surface area (Å²) in [4.78, 5) is 0. The van der Waals surface area contributed by atoms with Crippen LogP contribution in [0.15, 0.2) is 0 Å². The molecule has 0 aromatic heterocycles. The summed E-state index contributed by atoms with van der Waals surface area (Å²) in [6, 6.07) is 0. The van der Waals surface area contributed by atoms with E-state index in [0.29, 0.717) is 0 Å². The average molecular weight is 232 g/mol. The van der Waals surface area contributed by atoms with Crippen molar-refractivity contribution in [2.24, 2.45) is 5.92 Å². The summed E-state index contributed by atoms with van der Waals surface area (Å²) < 4.78 is 1.45. The van der Waals surface area contributed by atoms with Gasteiger partial charge in [0.25, 0.3) is 0 Å². The summed E-state index contributed by atoms with van der Waals surface area (Å²) in [7, 11) is 0. The molecule has 0 spiro atoms. The maximum atomic E-state index is 2.30. The van der Waals surface area contributed by atoms with Gasteiger partial charge in [0.1, 0.15) is 0 Å². The molecule has 9 heavy (non-hydrogen) atoms. The summed E-state index contributed by atoms with van der Waals surface area (Å²) in [6.45, 7) is 4.61. The van der Waals surface area contributed by atoms with E-state index in [1.807, 2.05) is 0 Å². The Morgan fingerprint density at radius 2 is 1.78 bits per heavy atom. The molecule has 0 saturated carbocycles. The SMILES string of the molecule is CC(C)CCCC[CH2][Sn]. The zero-order valence-electron chi connectivity index (χ0n) is 6.61. The van der Waals surface area contributed by atoms with Crippen LogP contribution in [-0.2, 0) is 0 Å². The van der Waals surface area contributed by atoms with Crippen LogP contribution in [0.4, 0.5) is 0 Å². The molecule has 0 fully saturated rings. The first kappa shape index (κ1) is 9.80. The predicted octanol–water partition coefficient (Wildman–Crippen LogP) is 2.79. The van der Waals surface area contributed by atoms with Crippen LogP contribution in [0.2, 0.25) is 4.44 Å². The Kier molecular flexibility index (Phi) is 7.53. The second-order valence-corrected chi connectivity index (χ2v) is 4.42. The van der Waals surface area contributed by atoms with Gasteiger partial charge in [-0.3, -0.25) is 0 Å². The Balaban J connectivity index is 2.75. The summed E-state index contributed by atoms with van der Waals surface area (Å²) in [5.41, 5.74) is 0. The van der Waals surface area contributed by atoms with Crippen LogP contribution in [0.3, 0.4) is 0 Å². The van der Waals surface area contributed by atoms with Crippen molar-refractivity contribution in [1.82, 2.24) is 0 Å². The molecule has 1 heteroatoms. The zero-order valence-corrected chi connectivity index (χ0v) is 9.47. The Hall–Kier alpha value is 0.799. The van der Waals surface area contributed by atoms with E-state index < -0.39 is 0 Å². The molecule has 0 amide bonds. The van der Waals surface area contributed by atoms with E-state index in [1.54, 1.807) is 22.5 Å². The third-order valence-corrected chi connectivity index (χ3v) is 2.47. The fourth-order valence-corrected chi connectivity index (χ4v) is 1.57. The monoisotopic (exact) mass is 233 g/mol. The summed E-state index contributed by atoms with van der Waals surface area (Å²) >= 11 is 1.70. The van der Waals surface area contributed by atoms with Crippen molar-refractivity contribution in [3.05, 3.63) is 0 Å². The number of unbranched alkanes of at least 4 members (excludes halogenated alkanes) is 2. The second-order valence-electron chi connectivity index (χ2n) is 2.99. The Labute approximate surface area is 72.5 Å². The summed E-state index contributed by atoms with van der Waals surface area (Å²) in [5.74, 6) is 0.912. The molecular formula is C8H17Sn. The molecule has 0 atom stereocenters. The van der Waals surface area contributed by atoms with Crippen molar-refractivity contribution in [1.29, 1.82) is 0 Å². The molecule has 0 aliphatic heterocycles. The van der Waals surface area contributed by atoms with E-state index in [-0.39, 0.29) is 0 Å². The molecule has 0 saturated heterocycles. The van der Waals surface area contributed by atoms with Crippen LogP contribution in [0, 0.1) is 5.92 Å². The van der Waals surface area contributed by atoms with Gasteiger partial charge in [-0.2, -0.15) is 0 Å². The van der Waals surface area contributed by atoms with Crippen molar-refractivity contribution >= 4 is 22.5 Å². The van der Waals surface area contributed by atoms with Crippen molar-refractivity contribution in [3.8, 4) is 0 Å². The molecule has 0 nitrogen and oxygen atoms in total. The van der Waals surface area contributed by atoms with Gasteiger partial charge >= 0.3 is 72.4 Å². The van der Waals surface area contributed by atoms with Crippen LogP contribution in [-0.4, -0.2) is 22.5 Å². The van der Waals surface area contributed by atoms with Gasteiger partial charge in [-0.15, -0.1) is 0 Å². The fraction of sp³-hybridized carbons (Fsp3) is 1.00. The predicted molar refractivity (Wildman–Crippen MR) is 43.9 cm³/mol. The molecule has 0 unspecified atom stereocenters. The third kappa shape index (κ3) is 8.80. The van der Waals surface area contributed by atoms with Gasteiger partial charge in [-0.05, 0) is 0 Å². The van der Waals surface area contributed by atoms with Gasteiger partial charge in [-0.1, -0.05) is 0 Å². The minimum atomic E-state index is 0.912. The standard InChI is InChI=1S/C8H17.Sn/c1-4-5-6-7-8(2)3;/h8H,1,4-7H2,2-3H3;. The first-order chi connectivity index (χ1) is 4.27. The normalized spacial score (nSPS) is 10.7. The Bertz CT molecular complexity index is 50.5. The van der Waals surface area contributed by atoms with Crippen LogP contribution in [0.5, 0.6) is 0 Å². The topological polar surface area (TPSA) is 0 Å². The van der Waals surface area contributed by atoms with Crippen molar-refractivity contribution < 1.29 is 0 Å². The number of hydrogen-bond acceptors (Lipinski definition) is 0. The van der Waals surface area contributed by atoms with Gasteiger partial charge in [0.2, 0.25) is 0 Å². The minimum absolute atomic E-state index is 0.912. The van der Waals surface area contributed by atoms with Gasteiger partial charge in [0, 0.05) is 0 Å². The van der Waals surface area contributed by atoms with Crippen LogP contribution in [0.25, 0.3) is 0 Å². The molecule has 0 N–H and O–H groups in total. The molecule has 0 bridgehead atoms.